The molecule has 0 unspecified atom stereocenters. The van der Waals surface area contributed by atoms with Crippen LogP contribution in [0.25, 0.3) is 168 Å². The van der Waals surface area contributed by atoms with E-state index < -0.39 is 0 Å². The third-order valence-electron chi connectivity index (χ3n) is 17.0. The first-order chi connectivity index (χ1) is 45.6. The fraction of sp³-hybridized carbons (Fsp3) is 0. The third-order valence-corrected chi connectivity index (χ3v) is 17.0. The molecule has 0 saturated heterocycles. The minimum atomic E-state index is 0.592. The normalized spacial score (nSPS) is 11.5. The molecule has 0 spiro atoms. The Kier molecular flexibility index (Phi) is 13.3. The fourth-order valence-corrected chi connectivity index (χ4v) is 12.6. The summed E-state index contributed by atoms with van der Waals surface area (Å²) in [7, 11) is 0. The van der Waals surface area contributed by atoms with E-state index in [1.54, 1.807) is 0 Å². The molecule has 0 N–H and O–H groups in total. The van der Waals surface area contributed by atoms with Crippen LogP contribution >= 0.6 is 0 Å². The van der Waals surface area contributed by atoms with Crippen molar-refractivity contribution in [3.05, 3.63) is 315 Å². The number of rotatable bonds is 12. The van der Waals surface area contributed by atoms with E-state index in [4.69, 9.17) is 39.9 Å². The number of nitrogens with zero attached hydrogens (tertiary/aromatic N) is 10. The van der Waals surface area contributed by atoms with Crippen molar-refractivity contribution < 1.29 is 0 Å². The van der Waals surface area contributed by atoms with E-state index in [1.807, 2.05) is 146 Å². The lowest BCUT2D eigenvalue weighted by Crippen LogP contribution is -2.01. The topological polar surface area (TPSA) is 113 Å². The molecular formula is C82H52N10. The Morgan fingerprint density at radius 3 is 0.978 bits per heavy atom. The Bertz CT molecular complexity index is 5450. The van der Waals surface area contributed by atoms with Gasteiger partial charge in [0.25, 0.3) is 0 Å². The molecule has 0 fully saturated rings. The van der Waals surface area contributed by atoms with Crippen LogP contribution in [-0.4, -0.2) is 49.0 Å². The van der Waals surface area contributed by atoms with Crippen molar-refractivity contribution in [1.82, 2.24) is 49.0 Å². The van der Waals surface area contributed by atoms with Crippen LogP contribution in [0.2, 0.25) is 0 Å². The Balaban J connectivity index is 0.854. The van der Waals surface area contributed by atoms with Gasteiger partial charge in [-0.3, -0.25) is 0 Å². The van der Waals surface area contributed by atoms with Crippen LogP contribution in [0.3, 0.4) is 0 Å². The van der Waals surface area contributed by atoms with E-state index in [0.717, 1.165) is 128 Å². The highest BCUT2D eigenvalue weighted by atomic mass is 15.1. The highest BCUT2D eigenvalue weighted by molar-refractivity contribution is 6.12. The molecule has 0 saturated carbocycles. The van der Waals surface area contributed by atoms with Crippen LogP contribution < -0.4 is 0 Å². The second-order valence-electron chi connectivity index (χ2n) is 22.7. The van der Waals surface area contributed by atoms with Crippen molar-refractivity contribution in [1.29, 1.82) is 0 Å². The molecule has 10 nitrogen and oxygen atoms in total. The first-order valence-corrected chi connectivity index (χ1v) is 30.7. The smallest absolute Gasteiger partial charge is 0.164 e. The number of fused-ring (bicyclic) bond motifs is 6. The van der Waals surface area contributed by atoms with Gasteiger partial charge in [0.15, 0.2) is 40.8 Å². The van der Waals surface area contributed by atoms with Gasteiger partial charge in [-0.25, -0.2) is 39.9 Å². The molecule has 5 aromatic heterocycles. The molecule has 0 radical (unpaired) electrons. The summed E-state index contributed by atoms with van der Waals surface area (Å²) < 4.78 is 4.77. The molecule has 0 aliphatic heterocycles. The van der Waals surface area contributed by atoms with E-state index in [9.17, 15) is 0 Å². The second-order valence-corrected chi connectivity index (χ2v) is 22.7. The molecule has 0 aliphatic carbocycles. The zero-order valence-electron chi connectivity index (χ0n) is 49.5. The Labute approximate surface area is 529 Å². The Morgan fingerprint density at radius 1 is 0.185 bits per heavy atom. The molecule has 92 heavy (non-hydrogen) atoms. The Morgan fingerprint density at radius 2 is 0.522 bits per heavy atom. The SMILES string of the molecule is c1ccc(-c2cc(-c3ccc(-n4c5ccccc5c5cc(-c6nc(-c7ccccc7)nc(-c7ccccc7)n6)ccc54)c(-c4cccc(-n5c6ccccc6c6cc(-c7nc(-c8ccccc8)nc(-c8ccccc8)n7)ccc65)c4)c3)nc(-c3ccccc3)n2)cc1. The van der Waals surface area contributed by atoms with Crippen molar-refractivity contribution in [3.8, 4) is 125 Å². The molecular weight excluding hydrogens is 1120 g/mol. The van der Waals surface area contributed by atoms with E-state index in [2.05, 4.69) is 179 Å². The minimum Gasteiger partial charge on any atom is -0.309 e. The fourth-order valence-electron chi connectivity index (χ4n) is 12.6. The molecule has 0 aliphatic rings. The largest absolute Gasteiger partial charge is 0.309 e. The first kappa shape index (κ1) is 53.6. The van der Waals surface area contributed by atoms with Crippen LogP contribution in [-0.2, 0) is 0 Å². The molecule has 0 atom stereocenters. The van der Waals surface area contributed by atoms with Gasteiger partial charge in [0.2, 0.25) is 0 Å². The monoisotopic (exact) mass is 1180 g/mol. The predicted octanol–water partition coefficient (Wildman–Crippen LogP) is 19.7. The quantitative estimate of drug-likeness (QED) is 0.119. The summed E-state index contributed by atoms with van der Waals surface area (Å²) in [5, 5.41) is 4.35. The van der Waals surface area contributed by atoms with Crippen LogP contribution in [0.4, 0.5) is 0 Å². The lowest BCUT2D eigenvalue weighted by atomic mass is 9.97. The van der Waals surface area contributed by atoms with Gasteiger partial charge in [-0.2, -0.15) is 0 Å². The average molecular weight is 1180 g/mol. The summed E-state index contributed by atoms with van der Waals surface area (Å²) in [5.41, 5.74) is 18.2. The molecule has 12 aromatic carbocycles. The summed E-state index contributed by atoms with van der Waals surface area (Å²) >= 11 is 0. The zero-order valence-corrected chi connectivity index (χ0v) is 49.5. The molecule has 0 amide bonds. The van der Waals surface area contributed by atoms with Crippen LogP contribution in [0.5, 0.6) is 0 Å². The molecule has 10 heteroatoms. The second kappa shape index (κ2) is 22.8. The van der Waals surface area contributed by atoms with Crippen molar-refractivity contribution in [2.24, 2.45) is 0 Å². The maximum atomic E-state index is 5.36. The zero-order chi connectivity index (χ0) is 60.9. The maximum Gasteiger partial charge on any atom is 0.164 e. The highest BCUT2D eigenvalue weighted by Gasteiger charge is 2.23. The van der Waals surface area contributed by atoms with Gasteiger partial charge in [-0.1, -0.05) is 237 Å². The Hall–Kier alpha value is -12.7. The summed E-state index contributed by atoms with van der Waals surface area (Å²) in [5.74, 6) is 4.30. The minimum absolute atomic E-state index is 0.592. The van der Waals surface area contributed by atoms with Crippen molar-refractivity contribution in [3.63, 3.8) is 0 Å². The molecule has 5 heterocycles. The van der Waals surface area contributed by atoms with Crippen molar-refractivity contribution >= 4 is 43.6 Å². The van der Waals surface area contributed by atoms with Crippen LogP contribution in [0.1, 0.15) is 0 Å². The number of para-hydroxylation sites is 2. The summed E-state index contributed by atoms with van der Waals surface area (Å²) in [4.78, 5) is 41.1. The van der Waals surface area contributed by atoms with E-state index in [1.165, 1.54) is 0 Å². The van der Waals surface area contributed by atoms with Gasteiger partial charge in [0.1, 0.15) is 0 Å². The van der Waals surface area contributed by atoms with Crippen molar-refractivity contribution in [2.75, 3.05) is 0 Å². The number of hydrogen-bond acceptors (Lipinski definition) is 8. The van der Waals surface area contributed by atoms with Gasteiger partial charge in [0, 0.05) is 82.9 Å². The lowest BCUT2D eigenvalue weighted by molar-refractivity contribution is 1.07. The van der Waals surface area contributed by atoms with Gasteiger partial charge in [-0.05, 0) is 84.4 Å². The number of benzene rings is 12. The highest BCUT2D eigenvalue weighted by Crippen LogP contribution is 2.42. The molecule has 0 bridgehead atoms. The number of hydrogen-bond donors (Lipinski definition) is 0. The standard InChI is InChI=1S/C82H52N10/c1-7-24-53(25-8-1)69-52-70(84-76(83-69)54-26-9-2-10-27-54)60-42-45-73(92-72-41-22-20-39-65(72)68-51-62(44-47-75(68)92)82-89-79(57-32-15-5-16-33-57)86-80(90-82)58-34-17-6-18-35-58)66(49-60)59-36-23-37-63(48-59)91-71-40-21-19-38-64(71)67-50-61(43-46-74(67)91)81-87-77(55-28-11-3-12-29-55)85-78(88-81)56-30-13-4-14-31-56/h1-52H. The summed E-state index contributed by atoms with van der Waals surface area (Å²) in [6, 6.07) is 109. The number of aromatic nitrogens is 10. The lowest BCUT2D eigenvalue weighted by Gasteiger charge is -2.18. The van der Waals surface area contributed by atoms with E-state index in [0.29, 0.717) is 40.8 Å². The predicted molar refractivity (Wildman–Crippen MR) is 372 cm³/mol. The average Bonchev–Trinajstić information content (AvgIpc) is 1.58. The van der Waals surface area contributed by atoms with E-state index >= 15 is 0 Å². The van der Waals surface area contributed by atoms with Crippen molar-refractivity contribution in [2.45, 2.75) is 0 Å². The van der Waals surface area contributed by atoms with Crippen LogP contribution in [0, 0.1) is 0 Å². The first-order valence-electron chi connectivity index (χ1n) is 30.7. The van der Waals surface area contributed by atoms with Crippen LogP contribution in [0.15, 0.2) is 315 Å². The molecule has 17 aromatic rings. The molecule has 17 rings (SSSR count). The van der Waals surface area contributed by atoms with E-state index in [-0.39, 0.29) is 0 Å². The van der Waals surface area contributed by atoms with Gasteiger partial charge < -0.3 is 9.13 Å². The van der Waals surface area contributed by atoms with Gasteiger partial charge in [-0.15, -0.1) is 0 Å². The summed E-state index contributed by atoms with van der Waals surface area (Å²) in [6.45, 7) is 0. The summed E-state index contributed by atoms with van der Waals surface area (Å²) in [6.07, 6.45) is 0. The van der Waals surface area contributed by atoms with Gasteiger partial charge in [0.05, 0.1) is 39.1 Å². The molecule has 430 valence electrons. The van der Waals surface area contributed by atoms with Gasteiger partial charge >= 0.3 is 0 Å². The third kappa shape index (κ3) is 9.81. The maximum absolute atomic E-state index is 5.36.